The minimum Gasteiger partial charge on any atom is -0.369 e. The number of pyridine rings is 1. The third kappa shape index (κ3) is 4.54. The summed E-state index contributed by atoms with van der Waals surface area (Å²) in [5.74, 6) is 0.780. The molecule has 0 unspecified atom stereocenters. The standard InChI is InChI=1S/C15H25N3O/c1-4-9-16-14-13(8-7-10-17-14)15(19)18(11-5-2)12-6-3/h7-8,10H,4-6,9,11-12H2,1-3H3,(H,16,17). The van der Waals surface area contributed by atoms with E-state index in [0.29, 0.717) is 11.4 Å². The zero-order chi connectivity index (χ0) is 14.1. The fourth-order valence-corrected chi connectivity index (χ4v) is 1.99. The first-order valence-electron chi connectivity index (χ1n) is 7.22. The average molecular weight is 263 g/mol. The summed E-state index contributed by atoms with van der Waals surface area (Å²) < 4.78 is 0. The molecule has 0 fully saturated rings. The fourth-order valence-electron chi connectivity index (χ4n) is 1.99. The highest BCUT2D eigenvalue weighted by molar-refractivity contribution is 5.98. The first-order valence-corrected chi connectivity index (χ1v) is 7.22. The SMILES string of the molecule is CCCNc1ncccc1C(=O)N(CCC)CCC. The van der Waals surface area contributed by atoms with Crippen LogP contribution in [0.25, 0.3) is 0 Å². The molecule has 0 saturated carbocycles. The van der Waals surface area contributed by atoms with Gasteiger partial charge >= 0.3 is 0 Å². The van der Waals surface area contributed by atoms with Crippen LogP contribution in [0.4, 0.5) is 5.82 Å². The summed E-state index contributed by atoms with van der Waals surface area (Å²) in [5, 5.41) is 3.22. The van der Waals surface area contributed by atoms with Crippen molar-refractivity contribution in [2.75, 3.05) is 25.0 Å². The Morgan fingerprint density at radius 1 is 1.21 bits per heavy atom. The van der Waals surface area contributed by atoms with Crippen molar-refractivity contribution in [3.05, 3.63) is 23.9 Å². The largest absolute Gasteiger partial charge is 0.369 e. The van der Waals surface area contributed by atoms with Gasteiger partial charge in [0, 0.05) is 25.8 Å². The van der Waals surface area contributed by atoms with Gasteiger partial charge in [0.15, 0.2) is 0 Å². The fraction of sp³-hybridized carbons (Fsp3) is 0.600. The number of rotatable bonds is 8. The summed E-state index contributed by atoms with van der Waals surface area (Å²) >= 11 is 0. The quantitative estimate of drug-likeness (QED) is 0.783. The van der Waals surface area contributed by atoms with E-state index in [4.69, 9.17) is 0 Å². The Kier molecular flexibility index (Phi) is 6.93. The van der Waals surface area contributed by atoms with Crippen molar-refractivity contribution >= 4 is 11.7 Å². The second-order valence-electron chi connectivity index (χ2n) is 4.62. The molecule has 1 heterocycles. The van der Waals surface area contributed by atoms with Crippen molar-refractivity contribution in [3.8, 4) is 0 Å². The smallest absolute Gasteiger partial charge is 0.257 e. The predicted octanol–water partition coefficient (Wildman–Crippen LogP) is 3.17. The minimum atomic E-state index is 0.0791. The molecule has 1 rings (SSSR count). The molecule has 1 aromatic rings. The number of carbonyl (C=O) groups excluding carboxylic acids is 1. The molecule has 0 bridgehead atoms. The van der Waals surface area contributed by atoms with E-state index in [1.54, 1.807) is 6.20 Å². The maximum Gasteiger partial charge on any atom is 0.257 e. The number of anilines is 1. The van der Waals surface area contributed by atoms with E-state index in [9.17, 15) is 4.79 Å². The van der Waals surface area contributed by atoms with Gasteiger partial charge in [0.25, 0.3) is 5.91 Å². The number of hydrogen-bond donors (Lipinski definition) is 1. The Hall–Kier alpha value is -1.58. The zero-order valence-corrected chi connectivity index (χ0v) is 12.3. The molecular weight excluding hydrogens is 238 g/mol. The second-order valence-corrected chi connectivity index (χ2v) is 4.62. The number of nitrogens with one attached hydrogen (secondary N) is 1. The lowest BCUT2D eigenvalue weighted by atomic mass is 10.2. The third-order valence-electron chi connectivity index (χ3n) is 2.85. The van der Waals surface area contributed by atoms with Crippen molar-refractivity contribution < 1.29 is 4.79 Å². The molecule has 4 heteroatoms. The summed E-state index contributed by atoms with van der Waals surface area (Å²) in [6.07, 6.45) is 4.68. The Balaban J connectivity index is 2.89. The number of carbonyl (C=O) groups is 1. The van der Waals surface area contributed by atoms with Crippen LogP contribution in [0.2, 0.25) is 0 Å². The molecule has 0 aliphatic carbocycles. The molecule has 1 aromatic heterocycles. The van der Waals surface area contributed by atoms with Crippen LogP contribution in [0.5, 0.6) is 0 Å². The van der Waals surface area contributed by atoms with Crippen LogP contribution in [-0.2, 0) is 0 Å². The Morgan fingerprint density at radius 3 is 2.47 bits per heavy atom. The van der Waals surface area contributed by atoms with Crippen LogP contribution in [0.1, 0.15) is 50.4 Å². The summed E-state index contributed by atoms with van der Waals surface area (Å²) in [6.45, 7) is 8.71. The lowest BCUT2D eigenvalue weighted by Crippen LogP contribution is -2.33. The van der Waals surface area contributed by atoms with Crippen LogP contribution in [-0.4, -0.2) is 35.4 Å². The van der Waals surface area contributed by atoms with Crippen LogP contribution < -0.4 is 5.32 Å². The molecule has 0 atom stereocenters. The Bertz CT molecular complexity index is 387. The van der Waals surface area contributed by atoms with Crippen LogP contribution in [0, 0.1) is 0 Å². The summed E-state index contributed by atoms with van der Waals surface area (Å²) in [6, 6.07) is 3.67. The third-order valence-corrected chi connectivity index (χ3v) is 2.85. The van der Waals surface area contributed by atoms with Gasteiger partial charge in [-0.05, 0) is 31.4 Å². The van der Waals surface area contributed by atoms with Gasteiger partial charge in [0.1, 0.15) is 5.82 Å². The first kappa shape index (κ1) is 15.5. The second kappa shape index (κ2) is 8.51. The molecule has 1 amide bonds. The van der Waals surface area contributed by atoms with E-state index in [1.165, 1.54) is 0 Å². The molecule has 1 N–H and O–H groups in total. The monoisotopic (exact) mass is 263 g/mol. The van der Waals surface area contributed by atoms with Crippen molar-refractivity contribution in [1.29, 1.82) is 0 Å². The van der Waals surface area contributed by atoms with Gasteiger partial charge in [-0.3, -0.25) is 4.79 Å². The molecule has 0 spiro atoms. The number of aromatic nitrogens is 1. The van der Waals surface area contributed by atoms with E-state index >= 15 is 0 Å². The van der Waals surface area contributed by atoms with Gasteiger partial charge in [-0.1, -0.05) is 20.8 Å². The molecule has 4 nitrogen and oxygen atoms in total. The lowest BCUT2D eigenvalue weighted by molar-refractivity contribution is 0.0756. The predicted molar refractivity (Wildman–Crippen MR) is 79.5 cm³/mol. The molecule has 106 valence electrons. The molecule has 0 aliphatic heterocycles. The van der Waals surface area contributed by atoms with Crippen molar-refractivity contribution in [2.45, 2.75) is 40.0 Å². The summed E-state index contributed by atoms with van der Waals surface area (Å²) in [4.78, 5) is 18.7. The average Bonchev–Trinajstić information content (AvgIpc) is 2.44. The lowest BCUT2D eigenvalue weighted by Gasteiger charge is -2.22. The maximum atomic E-state index is 12.6. The van der Waals surface area contributed by atoms with E-state index in [1.807, 2.05) is 17.0 Å². The van der Waals surface area contributed by atoms with E-state index in [0.717, 1.165) is 38.9 Å². The van der Waals surface area contributed by atoms with Crippen LogP contribution in [0.3, 0.4) is 0 Å². The highest BCUT2D eigenvalue weighted by atomic mass is 16.2. The molecule has 0 aromatic carbocycles. The van der Waals surface area contributed by atoms with Crippen molar-refractivity contribution in [1.82, 2.24) is 9.88 Å². The van der Waals surface area contributed by atoms with Gasteiger partial charge in [0.05, 0.1) is 5.56 Å². The highest BCUT2D eigenvalue weighted by Crippen LogP contribution is 2.15. The molecular formula is C15H25N3O. The molecule has 19 heavy (non-hydrogen) atoms. The minimum absolute atomic E-state index is 0.0791. The topological polar surface area (TPSA) is 45.2 Å². The van der Waals surface area contributed by atoms with Gasteiger partial charge in [0.2, 0.25) is 0 Å². The Morgan fingerprint density at radius 2 is 1.89 bits per heavy atom. The Labute approximate surface area is 116 Å². The maximum absolute atomic E-state index is 12.6. The summed E-state index contributed by atoms with van der Waals surface area (Å²) in [7, 11) is 0. The molecule has 0 aliphatic rings. The highest BCUT2D eigenvalue weighted by Gasteiger charge is 2.17. The van der Waals surface area contributed by atoms with E-state index < -0.39 is 0 Å². The molecule has 0 saturated heterocycles. The van der Waals surface area contributed by atoms with Crippen molar-refractivity contribution in [3.63, 3.8) is 0 Å². The van der Waals surface area contributed by atoms with Gasteiger partial charge in [-0.2, -0.15) is 0 Å². The normalized spacial score (nSPS) is 10.3. The van der Waals surface area contributed by atoms with Gasteiger partial charge in [-0.25, -0.2) is 4.98 Å². The number of amides is 1. The zero-order valence-electron chi connectivity index (χ0n) is 12.3. The molecule has 0 radical (unpaired) electrons. The van der Waals surface area contributed by atoms with Gasteiger partial charge < -0.3 is 10.2 Å². The van der Waals surface area contributed by atoms with E-state index in [2.05, 4.69) is 31.1 Å². The van der Waals surface area contributed by atoms with Crippen molar-refractivity contribution in [2.24, 2.45) is 0 Å². The van der Waals surface area contributed by atoms with Gasteiger partial charge in [-0.15, -0.1) is 0 Å². The number of hydrogen-bond acceptors (Lipinski definition) is 3. The number of nitrogens with zero attached hydrogens (tertiary/aromatic N) is 2. The summed E-state index contributed by atoms with van der Waals surface area (Å²) in [5.41, 5.74) is 0.679. The van der Waals surface area contributed by atoms with Crippen LogP contribution >= 0.6 is 0 Å². The van der Waals surface area contributed by atoms with E-state index in [-0.39, 0.29) is 5.91 Å². The van der Waals surface area contributed by atoms with Crippen LogP contribution in [0.15, 0.2) is 18.3 Å². The first-order chi connectivity index (χ1) is 9.24.